The number of aliphatic hydroxyl groups excluding tert-OH is 4. The summed E-state index contributed by atoms with van der Waals surface area (Å²) in [7, 11) is 0. The monoisotopic (exact) mass is 457 g/mol. The maximum absolute atomic E-state index is 13.9. The molecule has 172 valence electrons. The smallest absolute Gasteiger partial charge is 0.418 e. The molecule has 1 fully saturated rings. The van der Waals surface area contributed by atoms with Crippen molar-refractivity contribution in [2.45, 2.75) is 36.8 Å². The minimum Gasteiger partial charge on any atom is -0.464 e. The number of anilines is 1. The summed E-state index contributed by atoms with van der Waals surface area (Å²) in [6, 6.07) is 4.62. The van der Waals surface area contributed by atoms with Crippen LogP contribution in [0.2, 0.25) is 0 Å². The number of fused-ring (bicyclic) bond motifs is 1. The second-order valence-corrected chi connectivity index (χ2v) is 7.22. The van der Waals surface area contributed by atoms with E-state index in [-0.39, 0.29) is 11.4 Å². The average molecular weight is 457 g/mol. The lowest BCUT2D eigenvalue weighted by atomic mass is 9.96. The fourth-order valence-corrected chi connectivity index (χ4v) is 3.68. The van der Waals surface area contributed by atoms with Crippen molar-refractivity contribution in [3.05, 3.63) is 52.6 Å². The topological polar surface area (TPSA) is 146 Å². The molecule has 5 N–H and O–H groups in total. The van der Waals surface area contributed by atoms with Crippen LogP contribution in [0.4, 0.5) is 18.9 Å². The first-order valence-corrected chi connectivity index (χ1v) is 9.41. The van der Waals surface area contributed by atoms with Crippen LogP contribution in [0.3, 0.4) is 0 Å². The van der Waals surface area contributed by atoms with Gasteiger partial charge in [-0.2, -0.15) is 13.2 Å². The second kappa shape index (κ2) is 8.22. The average Bonchev–Trinajstić information content (AvgIpc) is 3.26. The van der Waals surface area contributed by atoms with Crippen LogP contribution in [0.25, 0.3) is 22.3 Å². The van der Waals surface area contributed by atoms with Gasteiger partial charge < -0.3 is 39.3 Å². The summed E-state index contributed by atoms with van der Waals surface area (Å²) in [5.41, 5.74) is -3.59. The Bertz CT molecular complexity index is 1160. The zero-order chi connectivity index (χ0) is 23.2. The van der Waals surface area contributed by atoms with Gasteiger partial charge in [-0.05, 0) is 24.3 Å². The van der Waals surface area contributed by atoms with Crippen LogP contribution >= 0.6 is 0 Å². The first-order chi connectivity index (χ1) is 15.1. The van der Waals surface area contributed by atoms with Gasteiger partial charge in [0, 0.05) is 17.1 Å². The largest absolute Gasteiger partial charge is 0.464 e. The number of hydrogen-bond donors (Lipinski definition) is 5. The fourth-order valence-electron chi connectivity index (χ4n) is 3.68. The van der Waals surface area contributed by atoms with Crippen LogP contribution in [0, 0.1) is 0 Å². The van der Waals surface area contributed by atoms with Gasteiger partial charge in [-0.25, -0.2) is 4.79 Å². The van der Waals surface area contributed by atoms with Gasteiger partial charge >= 0.3 is 11.8 Å². The Morgan fingerprint density at radius 2 is 1.84 bits per heavy atom. The Morgan fingerprint density at radius 3 is 2.47 bits per heavy atom. The molecule has 1 aliphatic rings. The lowest BCUT2D eigenvalue weighted by Gasteiger charge is -2.40. The predicted molar refractivity (Wildman–Crippen MR) is 103 cm³/mol. The number of furan rings is 1. The van der Waals surface area contributed by atoms with Crippen molar-refractivity contribution < 1.29 is 47.2 Å². The van der Waals surface area contributed by atoms with Crippen LogP contribution < -0.4 is 10.9 Å². The van der Waals surface area contributed by atoms with E-state index in [0.29, 0.717) is 0 Å². The van der Waals surface area contributed by atoms with E-state index in [1.165, 1.54) is 18.2 Å². The summed E-state index contributed by atoms with van der Waals surface area (Å²) in [4.78, 5) is 12.4. The van der Waals surface area contributed by atoms with Crippen molar-refractivity contribution in [1.29, 1.82) is 0 Å². The molecular weight excluding hydrogens is 439 g/mol. The maximum Gasteiger partial charge on any atom is 0.418 e. The molecule has 1 aliphatic heterocycles. The second-order valence-electron chi connectivity index (χ2n) is 7.22. The number of nitrogens with one attached hydrogen (secondary N) is 1. The molecule has 4 rings (SSSR count). The number of ether oxygens (including phenoxy) is 1. The van der Waals surface area contributed by atoms with E-state index in [9.17, 15) is 33.3 Å². The number of alkyl halides is 3. The van der Waals surface area contributed by atoms with Crippen LogP contribution in [0.1, 0.15) is 5.56 Å². The van der Waals surface area contributed by atoms with Crippen molar-refractivity contribution in [3.63, 3.8) is 0 Å². The van der Waals surface area contributed by atoms with Gasteiger partial charge in [0.15, 0.2) is 6.29 Å². The van der Waals surface area contributed by atoms with Crippen molar-refractivity contribution in [2.75, 3.05) is 11.9 Å². The molecule has 3 heterocycles. The summed E-state index contributed by atoms with van der Waals surface area (Å²) >= 11 is 0. The van der Waals surface area contributed by atoms with Gasteiger partial charge in [-0.1, -0.05) is 0 Å². The normalized spacial score (nSPS) is 26.4. The van der Waals surface area contributed by atoms with E-state index in [0.717, 1.165) is 18.4 Å². The summed E-state index contributed by atoms with van der Waals surface area (Å²) < 4.78 is 56.7. The number of hydrogen-bond acceptors (Lipinski definition) is 9. The van der Waals surface area contributed by atoms with Crippen molar-refractivity contribution in [2.24, 2.45) is 0 Å². The standard InChI is InChI=1S/C20H18F3NO8/c21-20(22,23)14-9-4-3-8(24-15-17(27)16(26)12(7-25)32-19(15)29)6-11(9)31-18(28)13(14)10-2-1-5-30-10/h1-6,12,15-17,19,24-27,29H,7H2/t12?,15?,16-,17-,19-/m0/s1. The Kier molecular flexibility index (Phi) is 5.73. The van der Waals surface area contributed by atoms with Crippen LogP contribution in [0.15, 0.2) is 50.2 Å². The highest BCUT2D eigenvalue weighted by Crippen LogP contribution is 2.40. The van der Waals surface area contributed by atoms with Crippen molar-refractivity contribution >= 4 is 16.7 Å². The third kappa shape index (κ3) is 3.87. The van der Waals surface area contributed by atoms with Crippen LogP contribution in [-0.4, -0.2) is 57.7 Å². The van der Waals surface area contributed by atoms with E-state index in [2.05, 4.69) is 5.32 Å². The molecule has 1 saturated heterocycles. The molecule has 0 amide bonds. The Morgan fingerprint density at radius 1 is 1.09 bits per heavy atom. The zero-order valence-corrected chi connectivity index (χ0v) is 16.1. The zero-order valence-electron chi connectivity index (χ0n) is 16.1. The lowest BCUT2D eigenvalue weighted by Crippen LogP contribution is -2.61. The molecule has 12 heteroatoms. The van der Waals surface area contributed by atoms with Crippen LogP contribution in [0.5, 0.6) is 0 Å². The molecule has 9 nitrogen and oxygen atoms in total. The predicted octanol–water partition coefficient (Wildman–Crippen LogP) is 1.28. The molecule has 2 unspecified atom stereocenters. The van der Waals surface area contributed by atoms with Gasteiger partial charge in [0.25, 0.3) is 0 Å². The molecule has 0 radical (unpaired) electrons. The summed E-state index contributed by atoms with van der Waals surface area (Å²) in [5.74, 6) is -0.298. The molecule has 3 aromatic rings. The number of halogens is 3. The third-order valence-electron chi connectivity index (χ3n) is 5.19. The minimum atomic E-state index is -4.90. The molecule has 0 bridgehead atoms. The highest BCUT2D eigenvalue weighted by molar-refractivity contribution is 5.88. The third-order valence-corrected chi connectivity index (χ3v) is 5.19. The van der Waals surface area contributed by atoms with Crippen molar-refractivity contribution in [3.8, 4) is 11.3 Å². The lowest BCUT2D eigenvalue weighted by molar-refractivity contribution is -0.245. The number of rotatable bonds is 4. The Balaban J connectivity index is 1.76. The molecule has 1 aromatic carbocycles. The highest BCUT2D eigenvalue weighted by Gasteiger charge is 2.44. The first kappa shape index (κ1) is 22.3. The van der Waals surface area contributed by atoms with E-state index in [4.69, 9.17) is 18.7 Å². The quantitative estimate of drug-likeness (QED) is 0.366. The van der Waals surface area contributed by atoms with E-state index in [1.807, 2.05) is 0 Å². The van der Waals surface area contributed by atoms with Gasteiger partial charge in [0.05, 0.1) is 18.4 Å². The molecule has 32 heavy (non-hydrogen) atoms. The van der Waals surface area contributed by atoms with E-state index >= 15 is 0 Å². The van der Waals surface area contributed by atoms with Gasteiger partial charge in [0.1, 0.15) is 41.3 Å². The maximum atomic E-state index is 13.9. The molecule has 0 spiro atoms. The first-order valence-electron chi connectivity index (χ1n) is 9.41. The molecule has 0 saturated carbocycles. The van der Waals surface area contributed by atoms with Gasteiger partial charge in [-0.3, -0.25) is 0 Å². The number of aliphatic hydroxyl groups is 4. The van der Waals surface area contributed by atoms with E-state index < -0.39 is 71.1 Å². The Hall–Kier alpha value is -2.90. The van der Waals surface area contributed by atoms with Gasteiger partial charge in [-0.15, -0.1) is 0 Å². The minimum absolute atomic E-state index is 0.0703. The summed E-state index contributed by atoms with van der Waals surface area (Å²) in [6.45, 7) is -0.651. The summed E-state index contributed by atoms with van der Waals surface area (Å²) in [5, 5.41) is 41.6. The van der Waals surface area contributed by atoms with Gasteiger partial charge in [0.2, 0.25) is 0 Å². The summed E-state index contributed by atoms with van der Waals surface area (Å²) in [6.07, 6.45) is -9.76. The number of benzene rings is 1. The van der Waals surface area contributed by atoms with E-state index in [1.54, 1.807) is 0 Å². The molecule has 0 aliphatic carbocycles. The molecule has 5 atom stereocenters. The molecular formula is C20H18F3NO8. The molecule has 2 aromatic heterocycles. The van der Waals surface area contributed by atoms with Crippen molar-refractivity contribution in [1.82, 2.24) is 0 Å². The van der Waals surface area contributed by atoms with Crippen LogP contribution in [-0.2, 0) is 10.9 Å². The SMILES string of the molecule is O=c1oc2cc(NC3[C@@H](O)OC(CO)[C@H](O)[C@H]3O)ccc2c(C(F)(F)F)c1-c1ccco1. The highest BCUT2D eigenvalue weighted by atomic mass is 19.4. The Labute approximate surface area is 177 Å². The fraction of sp³-hybridized carbons (Fsp3) is 0.350.